The highest BCUT2D eigenvalue weighted by Crippen LogP contribution is 1.96. The van der Waals surface area contributed by atoms with Crippen LogP contribution < -0.4 is 0 Å². The summed E-state index contributed by atoms with van der Waals surface area (Å²) in [6, 6.07) is 0. The van der Waals surface area contributed by atoms with Crippen LogP contribution in [0.1, 0.15) is 6.92 Å². The van der Waals surface area contributed by atoms with Crippen LogP contribution in [0.2, 0.25) is 0 Å². The number of carbonyl (C=O) groups is 1. The van der Waals surface area contributed by atoms with Crippen LogP contribution >= 0.6 is 0 Å². The minimum absolute atomic E-state index is 0.826. The summed E-state index contributed by atoms with van der Waals surface area (Å²) in [7, 11) is 0. The Morgan fingerprint density at radius 3 is 2.50 bits per heavy atom. The number of aliphatic carboxylic acids is 1. The molecular formula is C5H8F2O3. The van der Waals surface area contributed by atoms with Gasteiger partial charge >= 0.3 is 5.97 Å². The quantitative estimate of drug-likeness (QED) is 0.649. The topological polar surface area (TPSA) is 46.5 Å². The molecule has 0 aliphatic heterocycles. The lowest BCUT2D eigenvalue weighted by Gasteiger charge is -2.06. The van der Waals surface area contributed by atoms with Crippen LogP contribution in [0.15, 0.2) is 0 Å². The maximum atomic E-state index is 11.3. The fourth-order valence-corrected chi connectivity index (χ4v) is 0.288. The van der Waals surface area contributed by atoms with Gasteiger partial charge in [-0.2, -0.15) is 0 Å². The normalized spacial score (nSPS) is 13.6. The van der Waals surface area contributed by atoms with Crippen LogP contribution in [0.25, 0.3) is 0 Å². The van der Waals surface area contributed by atoms with E-state index in [2.05, 4.69) is 4.74 Å². The van der Waals surface area contributed by atoms with Gasteiger partial charge in [-0.1, -0.05) is 0 Å². The molecule has 0 unspecified atom stereocenters. The zero-order valence-corrected chi connectivity index (χ0v) is 5.38. The minimum Gasteiger partial charge on any atom is -0.479 e. The monoisotopic (exact) mass is 154 g/mol. The number of carboxylic acid groups (broad SMARTS) is 1. The molecule has 1 atom stereocenters. The molecule has 0 saturated heterocycles. The smallest absolute Gasteiger partial charge is 0.332 e. The van der Waals surface area contributed by atoms with E-state index in [0.29, 0.717) is 0 Å². The predicted octanol–water partition coefficient (Wildman–Crippen LogP) is 0.741. The average molecular weight is 154 g/mol. The summed E-state index contributed by atoms with van der Waals surface area (Å²) in [6.45, 7) is 0.373. The van der Waals surface area contributed by atoms with E-state index >= 15 is 0 Å². The summed E-state index contributed by atoms with van der Waals surface area (Å²) in [6.07, 6.45) is -3.77. The molecule has 10 heavy (non-hydrogen) atoms. The van der Waals surface area contributed by atoms with Gasteiger partial charge in [-0.25, -0.2) is 13.6 Å². The number of carboxylic acids is 1. The Bertz CT molecular complexity index is 115. The Hall–Kier alpha value is -0.710. The van der Waals surface area contributed by atoms with Crippen molar-refractivity contribution in [3.05, 3.63) is 0 Å². The van der Waals surface area contributed by atoms with E-state index in [1.807, 2.05) is 0 Å². The van der Waals surface area contributed by atoms with E-state index < -0.39 is 25.1 Å². The first-order valence-electron chi connectivity index (χ1n) is 2.66. The van der Waals surface area contributed by atoms with Crippen molar-refractivity contribution in [2.24, 2.45) is 0 Å². The summed E-state index contributed by atoms with van der Waals surface area (Å²) in [5.41, 5.74) is 0. The van der Waals surface area contributed by atoms with Gasteiger partial charge in [0.05, 0.1) is 0 Å². The molecule has 0 fully saturated rings. The molecule has 3 nitrogen and oxygen atoms in total. The molecule has 1 N–H and O–H groups in total. The number of halogens is 2. The molecule has 0 spiro atoms. The van der Waals surface area contributed by atoms with Gasteiger partial charge in [0.1, 0.15) is 6.61 Å². The van der Waals surface area contributed by atoms with Crippen molar-refractivity contribution in [1.82, 2.24) is 0 Å². The van der Waals surface area contributed by atoms with Crippen molar-refractivity contribution in [1.29, 1.82) is 0 Å². The van der Waals surface area contributed by atoms with E-state index in [1.54, 1.807) is 0 Å². The van der Waals surface area contributed by atoms with Crippen molar-refractivity contribution in [2.75, 3.05) is 6.61 Å². The lowest BCUT2D eigenvalue weighted by atomic mass is 10.4. The first kappa shape index (κ1) is 9.29. The molecule has 0 bridgehead atoms. The number of rotatable bonds is 4. The lowest BCUT2D eigenvalue weighted by molar-refractivity contribution is -0.151. The third-order valence-electron chi connectivity index (χ3n) is 0.820. The van der Waals surface area contributed by atoms with Crippen molar-refractivity contribution in [2.45, 2.75) is 19.5 Å². The van der Waals surface area contributed by atoms with Gasteiger partial charge in [-0.3, -0.25) is 0 Å². The van der Waals surface area contributed by atoms with Gasteiger partial charge in [0, 0.05) is 0 Å². The average Bonchev–Trinajstić information content (AvgIpc) is 1.82. The van der Waals surface area contributed by atoms with Crippen LogP contribution in [0.3, 0.4) is 0 Å². The second-order valence-corrected chi connectivity index (χ2v) is 1.70. The first-order chi connectivity index (χ1) is 4.54. The molecule has 5 heteroatoms. The van der Waals surface area contributed by atoms with E-state index in [4.69, 9.17) is 5.11 Å². The highest BCUT2D eigenvalue weighted by Gasteiger charge is 2.13. The number of hydrogen-bond donors (Lipinski definition) is 1. The Kier molecular flexibility index (Phi) is 3.87. The summed E-state index contributed by atoms with van der Waals surface area (Å²) >= 11 is 0. The van der Waals surface area contributed by atoms with Crippen molar-refractivity contribution in [3.63, 3.8) is 0 Å². The molecule has 60 valence electrons. The van der Waals surface area contributed by atoms with Gasteiger partial charge in [0.15, 0.2) is 6.10 Å². The Morgan fingerprint density at radius 2 is 2.20 bits per heavy atom. The molecule has 0 saturated carbocycles. The van der Waals surface area contributed by atoms with E-state index in [0.717, 1.165) is 0 Å². The summed E-state index contributed by atoms with van der Waals surface area (Å²) in [5, 5.41) is 8.12. The third-order valence-corrected chi connectivity index (χ3v) is 0.820. The zero-order valence-electron chi connectivity index (χ0n) is 5.38. The van der Waals surface area contributed by atoms with Gasteiger partial charge < -0.3 is 9.84 Å². The molecule has 0 rings (SSSR count). The standard InChI is InChI=1S/C5H8F2O3/c1-3(5(8)9)10-2-4(6)7/h3-4H,2H2,1H3,(H,8,9)/t3-/m1/s1. The Morgan fingerprint density at radius 1 is 1.70 bits per heavy atom. The number of hydrogen-bond acceptors (Lipinski definition) is 2. The van der Waals surface area contributed by atoms with Crippen LogP contribution in [0.4, 0.5) is 8.78 Å². The molecule has 0 aromatic carbocycles. The Labute approximate surface area is 56.6 Å². The SMILES string of the molecule is C[C@@H](OCC(F)F)C(=O)O. The first-order valence-corrected chi connectivity index (χ1v) is 2.66. The van der Waals surface area contributed by atoms with Crippen molar-refractivity contribution >= 4 is 5.97 Å². The van der Waals surface area contributed by atoms with Crippen LogP contribution in [-0.4, -0.2) is 30.2 Å². The van der Waals surface area contributed by atoms with Crippen LogP contribution in [0.5, 0.6) is 0 Å². The zero-order chi connectivity index (χ0) is 8.15. The number of ether oxygens (including phenoxy) is 1. The highest BCUT2D eigenvalue weighted by molar-refractivity contribution is 5.71. The molecule has 0 heterocycles. The molecule has 0 amide bonds. The Balaban J connectivity index is 3.40. The summed E-state index contributed by atoms with van der Waals surface area (Å²) in [4.78, 5) is 9.94. The molecule has 0 aliphatic carbocycles. The second-order valence-electron chi connectivity index (χ2n) is 1.70. The van der Waals surface area contributed by atoms with Gasteiger partial charge in [-0.15, -0.1) is 0 Å². The van der Waals surface area contributed by atoms with E-state index in [-0.39, 0.29) is 0 Å². The lowest BCUT2D eigenvalue weighted by Crippen LogP contribution is -2.22. The van der Waals surface area contributed by atoms with Crippen molar-refractivity contribution < 1.29 is 23.4 Å². The second kappa shape index (κ2) is 4.16. The summed E-state index contributed by atoms with van der Waals surface area (Å²) in [5.74, 6) is -1.24. The molecular weight excluding hydrogens is 146 g/mol. The van der Waals surface area contributed by atoms with E-state index in [9.17, 15) is 13.6 Å². The largest absolute Gasteiger partial charge is 0.479 e. The minimum atomic E-state index is -2.61. The fraction of sp³-hybridized carbons (Fsp3) is 0.800. The molecule has 0 aromatic heterocycles. The van der Waals surface area contributed by atoms with Crippen molar-refractivity contribution in [3.8, 4) is 0 Å². The highest BCUT2D eigenvalue weighted by atomic mass is 19.3. The maximum absolute atomic E-state index is 11.3. The molecule has 0 aromatic rings. The maximum Gasteiger partial charge on any atom is 0.332 e. The molecule has 0 aliphatic rings. The summed E-state index contributed by atoms with van der Waals surface area (Å²) < 4.78 is 26.9. The predicted molar refractivity (Wildman–Crippen MR) is 29.1 cm³/mol. The fourth-order valence-electron chi connectivity index (χ4n) is 0.288. The number of alkyl halides is 2. The van der Waals surface area contributed by atoms with Gasteiger partial charge in [0.25, 0.3) is 6.43 Å². The van der Waals surface area contributed by atoms with Gasteiger partial charge in [0.2, 0.25) is 0 Å². The van der Waals surface area contributed by atoms with Crippen LogP contribution in [-0.2, 0) is 9.53 Å². The van der Waals surface area contributed by atoms with Gasteiger partial charge in [-0.05, 0) is 6.92 Å². The third kappa shape index (κ3) is 4.20. The van der Waals surface area contributed by atoms with E-state index in [1.165, 1.54) is 6.92 Å². The molecule has 0 radical (unpaired) electrons. The van der Waals surface area contributed by atoms with Crippen LogP contribution in [0, 0.1) is 0 Å².